The molecule has 2 N–H and O–H groups in total. The van der Waals surface area contributed by atoms with Crippen LogP contribution in [0.15, 0.2) is 54.2 Å². The minimum Gasteiger partial charge on any atom is -0.444 e. The molecule has 0 radical (unpaired) electrons. The fourth-order valence-electron chi connectivity index (χ4n) is 3.69. The quantitative estimate of drug-likeness (QED) is 0.726. The molecule has 0 saturated carbocycles. The molecule has 2 aromatic carbocycles. The predicted octanol–water partition coefficient (Wildman–Crippen LogP) is 4.30. The summed E-state index contributed by atoms with van der Waals surface area (Å²) in [6.07, 6.45) is 0.800. The lowest BCUT2D eigenvalue weighted by molar-refractivity contribution is -0.142. The molecule has 1 aliphatic rings. The maximum atomic E-state index is 13.5. The van der Waals surface area contributed by atoms with Gasteiger partial charge in [0, 0.05) is 37.8 Å². The summed E-state index contributed by atoms with van der Waals surface area (Å²) in [5, 5.41) is 0. The van der Waals surface area contributed by atoms with Gasteiger partial charge in [-0.15, -0.1) is 0 Å². The van der Waals surface area contributed by atoms with Crippen molar-refractivity contribution in [2.45, 2.75) is 45.4 Å². The number of benzene rings is 2. The summed E-state index contributed by atoms with van der Waals surface area (Å²) < 4.78 is 32.6. The molecule has 0 bridgehead atoms. The largest absolute Gasteiger partial charge is 0.444 e. The lowest BCUT2D eigenvalue weighted by Crippen LogP contribution is -2.59. The van der Waals surface area contributed by atoms with E-state index in [0.717, 1.165) is 23.8 Å². The average Bonchev–Trinajstić information content (AvgIpc) is 2.69. The second-order valence-electron chi connectivity index (χ2n) is 9.06. The van der Waals surface area contributed by atoms with Crippen LogP contribution >= 0.6 is 0 Å². The molecule has 8 heteroatoms. The van der Waals surface area contributed by atoms with Crippen LogP contribution in [0.3, 0.4) is 0 Å². The number of nitrogens with two attached hydrogens (primary N) is 1. The van der Waals surface area contributed by atoms with Crippen LogP contribution in [0.5, 0.6) is 0 Å². The lowest BCUT2D eigenvalue weighted by atomic mass is 10.0. The first kappa shape index (κ1) is 24.2. The third-order valence-corrected chi connectivity index (χ3v) is 5.09. The number of rotatable bonds is 5. The summed E-state index contributed by atoms with van der Waals surface area (Å²) in [7, 11) is 0. The minimum atomic E-state index is -0.896. The summed E-state index contributed by atoms with van der Waals surface area (Å²) in [5.41, 5.74) is 6.84. The van der Waals surface area contributed by atoms with E-state index in [9.17, 15) is 18.4 Å². The number of amides is 2. The fraction of sp³-hybridized carbons (Fsp3) is 0.360. The van der Waals surface area contributed by atoms with Crippen LogP contribution in [0.2, 0.25) is 0 Å². The summed E-state index contributed by atoms with van der Waals surface area (Å²) >= 11 is 0. The van der Waals surface area contributed by atoms with Gasteiger partial charge in [0.15, 0.2) is 0 Å². The highest BCUT2D eigenvalue weighted by molar-refractivity contribution is 5.87. The Bertz CT molecular complexity index is 1010. The maximum absolute atomic E-state index is 13.5. The zero-order chi connectivity index (χ0) is 24.2. The normalized spacial score (nSPS) is 17.3. The van der Waals surface area contributed by atoms with E-state index < -0.39 is 29.4 Å². The Morgan fingerprint density at radius 2 is 1.76 bits per heavy atom. The van der Waals surface area contributed by atoms with E-state index in [1.807, 2.05) is 30.3 Å². The molecule has 33 heavy (non-hydrogen) atoms. The summed E-state index contributed by atoms with van der Waals surface area (Å²) in [4.78, 5) is 29.3. The molecule has 1 fully saturated rings. The van der Waals surface area contributed by atoms with E-state index in [4.69, 9.17) is 10.5 Å². The van der Waals surface area contributed by atoms with Gasteiger partial charge in [-0.3, -0.25) is 9.69 Å². The van der Waals surface area contributed by atoms with Gasteiger partial charge in [0.05, 0.1) is 0 Å². The first-order chi connectivity index (χ1) is 15.5. The monoisotopic (exact) mass is 457 g/mol. The van der Waals surface area contributed by atoms with Crippen LogP contribution < -0.4 is 5.73 Å². The van der Waals surface area contributed by atoms with E-state index in [1.54, 1.807) is 25.7 Å². The van der Waals surface area contributed by atoms with Crippen LogP contribution in [0.4, 0.5) is 13.6 Å². The fourth-order valence-corrected chi connectivity index (χ4v) is 3.69. The van der Waals surface area contributed by atoms with Crippen LogP contribution in [0.1, 0.15) is 38.3 Å². The molecule has 1 atom stereocenters. The topological polar surface area (TPSA) is 75.9 Å². The molecule has 1 aliphatic heterocycles. The van der Waals surface area contributed by atoms with E-state index in [-0.39, 0.29) is 30.1 Å². The second-order valence-corrected chi connectivity index (χ2v) is 9.06. The molecule has 6 nitrogen and oxygen atoms in total. The third-order valence-electron chi connectivity index (χ3n) is 5.09. The molecule has 0 aliphatic carbocycles. The number of carbonyl (C=O) groups excluding carboxylic acids is 2. The van der Waals surface area contributed by atoms with Crippen LogP contribution in [0, 0.1) is 11.6 Å². The molecule has 0 unspecified atom stereocenters. The van der Waals surface area contributed by atoms with E-state index in [2.05, 4.69) is 0 Å². The van der Waals surface area contributed by atoms with Crippen molar-refractivity contribution in [3.05, 3.63) is 77.0 Å². The van der Waals surface area contributed by atoms with Crippen molar-refractivity contribution in [3.63, 3.8) is 0 Å². The number of hydrogen-bond donors (Lipinski definition) is 1. The van der Waals surface area contributed by atoms with Crippen molar-refractivity contribution >= 4 is 18.1 Å². The zero-order valence-corrected chi connectivity index (χ0v) is 19.1. The van der Waals surface area contributed by atoms with Gasteiger partial charge in [-0.1, -0.05) is 30.3 Å². The highest BCUT2D eigenvalue weighted by Gasteiger charge is 2.39. The maximum Gasteiger partial charge on any atom is 0.411 e. The molecule has 1 saturated heterocycles. The van der Waals surface area contributed by atoms with Gasteiger partial charge < -0.3 is 15.4 Å². The second kappa shape index (κ2) is 10.0. The molecular formula is C25H29F2N3O3. The molecule has 176 valence electrons. The van der Waals surface area contributed by atoms with Gasteiger partial charge in [0.2, 0.25) is 5.91 Å². The Kier molecular flexibility index (Phi) is 7.36. The first-order valence-corrected chi connectivity index (χ1v) is 10.8. The minimum absolute atomic E-state index is 0.00149. The predicted molar refractivity (Wildman–Crippen MR) is 122 cm³/mol. The van der Waals surface area contributed by atoms with Crippen molar-refractivity contribution < 1.29 is 23.1 Å². The Morgan fingerprint density at radius 3 is 2.36 bits per heavy atom. The molecule has 3 rings (SSSR count). The van der Waals surface area contributed by atoms with Crippen molar-refractivity contribution in [1.82, 2.24) is 9.80 Å². The molecule has 0 aromatic heterocycles. The molecule has 2 amide bonds. The number of carbonyl (C=O) groups is 2. The smallest absolute Gasteiger partial charge is 0.411 e. The SMILES string of the molecule is CC(C)(C)OC(=O)N1CCN(Cc2ccccc2)C(=O)[C@@H]1C/C(N)=C/c1cc(F)cc(F)c1. The summed E-state index contributed by atoms with van der Waals surface area (Å²) in [5.74, 6) is -1.72. The Hall–Kier alpha value is -3.42. The highest BCUT2D eigenvalue weighted by Crippen LogP contribution is 2.23. The van der Waals surface area contributed by atoms with Gasteiger partial charge in [-0.05, 0) is 50.1 Å². The molecule has 2 aromatic rings. The summed E-state index contributed by atoms with van der Waals surface area (Å²) in [6, 6.07) is 11.7. The van der Waals surface area contributed by atoms with Crippen molar-refractivity contribution in [1.29, 1.82) is 0 Å². The lowest BCUT2D eigenvalue weighted by Gasteiger charge is -2.41. The standard InChI is InChI=1S/C25H29F2N3O3/c1-25(2,3)33-24(32)30-10-9-29(16-17-7-5-4-6-8-17)23(31)22(30)15-21(28)13-18-11-19(26)14-20(27)12-18/h4-8,11-14,22H,9-10,15-16,28H2,1-3H3/b21-13-/t22-/m0/s1. The van der Waals surface area contributed by atoms with Crippen molar-refractivity contribution in [2.24, 2.45) is 5.73 Å². The Morgan fingerprint density at radius 1 is 1.12 bits per heavy atom. The number of nitrogens with zero attached hydrogens (tertiary/aromatic N) is 2. The number of piperazine rings is 1. The zero-order valence-electron chi connectivity index (χ0n) is 19.1. The van der Waals surface area contributed by atoms with Gasteiger partial charge in [-0.25, -0.2) is 13.6 Å². The van der Waals surface area contributed by atoms with Gasteiger partial charge in [-0.2, -0.15) is 0 Å². The molecule has 0 spiro atoms. The number of hydrogen-bond acceptors (Lipinski definition) is 4. The molecular weight excluding hydrogens is 428 g/mol. The Balaban J connectivity index is 1.85. The van der Waals surface area contributed by atoms with E-state index in [1.165, 1.54) is 11.0 Å². The van der Waals surface area contributed by atoms with Gasteiger partial charge >= 0.3 is 6.09 Å². The molecule has 1 heterocycles. The van der Waals surface area contributed by atoms with E-state index >= 15 is 0 Å². The van der Waals surface area contributed by atoms with Crippen LogP contribution in [0.25, 0.3) is 6.08 Å². The van der Waals surface area contributed by atoms with Crippen molar-refractivity contribution in [3.8, 4) is 0 Å². The number of halogens is 2. The van der Waals surface area contributed by atoms with Crippen LogP contribution in [-0.2, 0) is 16.1 Å². The van der Waals surface area contributed by atoms with E-state index in [0.29, 0.717) is 13.1 Å². The van der Waals surface area contributed by atoms with Gasteiger partial charge in [0.1, 0.15) is 23.3 Å². The average molecular weight is 458 g/mol. The Labute approximate surface area is 192 Å². The highest BCUT2D eigenvalue weighted by atomic mass is 19.1. The van der Waals surface area contributed by atoms with Crippen molar-refractivity contribution in [2.75, 3.05) is 13.1 Å². The first-order valence-electron chi connectivity index (χ1n) is 10.8. The van der Waals surface area contributed by atoms with Crippen LogP contribution in [-0.4, -0.2) is 46.5 Å². The van der Waals surface area contributed by atoms with Gasteiger partial charge in [0.25, 0.3) is 0 Å². The summed E-state index contributed by atoms with van der Waals surface area (Å²) in [6.45, 7) is 6.28. The number of ether oxygens (including phenoxy) is 1. The third kappa shape index (κ3) is 6.78.